The zero-order chi connectivity index (χ0) is 20.8. The van der Waals surface area contributed by atoms with Crippen molar-refractivity contribution in [3.8, 4) is 0 Å². The van der Waals surface area contributed by atoms with Gasteiger partial charge in [0.15, 0.2) is 0 Å². The molecule has 3 heterocycles. The SMILES string of the molecule is CCCCN1CC(=O)N2C(c3ccc(Br)cc3)c3[nH]c4ccccc4c3C[C@H]2C1=O. The van der Waals surface area contributed by atoms with Crippen LogP contribution in [0, 0.1) is 0 Å². The lowest BCUT2D eigenvalue weighted by Gasteiger charge is -2.47. The number of para-hydroxylation sites is 1. The van der Waals surface area contributed by atoms with Crippen molar-refractivity contribution in [2.75, 3.05) is 13.1 Å². The highest BCUT2D eigenvalue weighted by Crippen LogP contribution is 2.42. The van der Waals surface area contributed by atoms with Crippen molar-refractivity contribution in [1.82, 2.24) is 14.8 Å². The van der Waals surface area contributed by atoms with Gasteiger partial charge in [-0.1, -0.05) is 59.6 Å². The van der Waals surface area contributed by atoms with E-state index in [1.54, 1.807) is 4.90 Å². The third kappa shape index (κ3) is 3.05. The molecule has 2 aliphatic rings. The molecule has 1 saturated heterocycles. The zero-order valence-electron chi connectivity index (χ0n) is 16.9. The molecule has 1 aromatic heterocycles. The molecule has 0 bridgehead atoms. The summed E-state index contributed by atoms with van der Waals surface area (Å²) in [4.78, 5) is 33.9. The molecule has 2 aromatic carbocycles. The van der Waals surface area contributed by atoms with Crippen LogP contribution in [-0.2, 0) is 16.0 Å². The van der Waals surface area contributed by atoms with E-state index in [0.717, 1.165) is 45.0 Å². The molecule has 5 rings (SSSR count). The number of amides is 2. The molecule has 0 radical (unpaired) electrons. The summed E-state index contributed by atoms with van der Waals surface area (Å²) >= 11 is 3.50. The number of benzene rings is 2. The zero-order valence-corrected chi connectivity index (χ0v) is 18.5. The minimum atomic E-state index is -0.455. The van der Waals surface area contributed by atoms with E-state index in [1.807, 2.05) is 41.3 Å². The maximum absolute atomic E-state index is 13.4. The van der Waals surface area contributed by atoms with E-state index in [9.17, 15) is 9.59 Å². The summed E-state index contributed by atoms with van der Waals surface area (Å²) in [5, 5.41) is 1.14. The largest absolute Gasteiger partial charge is 0.356 e. The van der Waals surface area contributed by atoms with Crippen LogP contribution in [0.3, 0.4) is 0 Å². The quantitative estimate of drug-likeness (QED) is 0.619. The fraction of sp³-hybridized carbons (Fsp3) is 0.333. The van der Waals surface area contributed by atoms with E-state index in [4.69, 9.17) is 0 Å². The first-order valence-corrected chi connectivity index (χ1v) is 11.3. The van der Waals surface area contributed by atoms with Crippen molar-refractivity contribution in [2.45, 2.75) is 38.3 Å². The molecule has 1 unspecified atom stereocenters. The summed E-state index contributed by atoms with van der Waals surface area (Å²) in [6, 6.07) is 15.5. The molecule has 2 amide bonds. The van der Waals surface area contributed by atoms with Crippen molar-refractivity contribution in [1.29, 1.82) is 0 Å². The number of hydrogen-bond donors (Lipinski definition) is 1. The minimum Gasteiger partial charge on any atom is -0.356 e. The number of fused-ring (bicyclic) bond motifs is 4. The molecule has 154 valence electrons. The normalized spacial score (nSPS) is 21.1. The lowest BCUT2D eigenvalue weighted by molar-refractivity contribution is -0.158. The number of aromatic amines is 1. The number of hydrogen-bond acceptors (Lipinski definition) is 2. The maximum atomic E-state index is 13.4. The fourth-order valence-electron chi connectivity index (χ4n) is 4.85. The van der Waals surface area contributed by atoms with Crippen LogP contribution in [0.1, 0.15) is 42.6 Å². The number of nitrogens with one attached hydrogen (secondary N) is 1. The number of rotatable bonds is 4. The molecule has 1 fully saturated rings. The first-order valence-electron chi connectivity index (χ1n) is 10.5. The molecule has 5 nitrogen and oxygen atoms in total. The third-order valence-electron chi connectivity index (χ3n) is 6.31. The lowest BCUT2D eigenvalue weighted by atomic mass is 9.86. The van der Waals surface area contributed by atoms with Crippen molar-refractivity contribution < 1.29 is 9.59 Å². The van der Waals surface area contributed by atoms with E-state index < -0.39 is 6.04 Å². The Labute approximate surface area is 184 Å². The molecule has 0 spiro atoms. The van der Waals surface area contributed by atoms with Crippen LogP contribution in [-0.4, -0.2) is 45.7 Å². The minimum absolute atomic E-state index is 0.0212. The molecule has 6 heteroatoms. The Bertz CT molecular complexity index is 1120. The summed E-state index contributed by atoms with van der Waals surface area (Å²) in [6.07, 6.45) is 2.47. The summed E-state index contributed by atoms with van der Waals surface area (Å²) in [5.41, 5.74) is 4.24. The Morgan fingerprint density at radius 3 is 2.63 bits per heavy atom. The van der Waals surface area contributed by atoms with Crippen molar-refractivity contribution in [2.24, 2.45) is 0 Å². The number of carbonyl (C=O) groups excluding carboxylic acids is 2. The summed E-state index contributed by atoms with van der Waals surface area (Å²) in [6.45, 7) is 2.91. The summed E-state index contributed by atoms with van der Waals surface area (Å²) in [5.74, 6) is 0.0917. The maximum Gasteiger partial charge on any atom is 0.246 e. The van der Waals surface area contributed by atoms with Gasteiger partial charge in [0.1, 0.15) is 6.04 Å². The van der Waals surface area contributed by atoms with Crippen molar-refractivity contribution >= 4 is 38.6 Å². The first kappa shape index (κ1) is 19.4. The average molecular weight is 466 g/mol. The van der Waals surface area contributed by atoms with Crippen LogP contribution in [0.4, 0.5) is 0 Å². The van der Waals surface area contributed by atoms with E-state index in [2.05, 4.69) is 40.0 Å². The van der Waals surface area contributed by atoms with Gasteiger partial charge in [-0.25, -0.2) is 0 Å². The van der Waals surface area contributed by atoms with Gasteiger partial charge in [0, 0.05) is 34.0 Å². The molecular weight excluding hydrogens is 442 g/mol. The Hall–Kier alpha value is -2.60. The number of halogens is 1. The molecule has 0 saturated carbocycles. The highest BCUT2D eigenvalue weighted by atomic mass is 79.9. The number of piperazine rings is 1. The smallest absolute Gasteiger partial charge is 0.246 e. The molecule has 0 aliphatic carbocycles. The number of aromatic nitrogens is 1. The van der Waals surface area contributed by atoms with Crippen LogP contribution in [0.15, 0.2) is 53.0 Å². The van der Waals surface area contributed by atoms with Gasteiger partial charge in [0.05, 0.1) is 12.6 Å². The predicted octanol–water partition coefficient (Wildman–Crippen LogP) is 4.42. The standard InChI is InChI=1S/C24H24BrN3O2/c1-2-3-12-27-14-21(29)28-20(24(27)30)13-18-17-6-4-5-7-19(17)26-22(18)23(28)15-8-10-16(25)11-9-15/h4-11,20,23,26H,2-3,12-14H2,1H3/t20-,23?/m0/s1. The summed E-state index contributed by atoms with van der Waals surface area (Å²) in [7, 11) is 0. The van der Waals surface area contributed by atoms with Gasteiger partial charge in [-0.2, -0.15) is 0 Å². The third-order valence-corrected chi connectivity index (χ3v) is 6.84. The molecule has 2 aliphatic heterocycles. The Morgan fingerprint density at radius 1 is 1.10 bits per heavy atom. The molecule has 1 N–H and O–H groups in total. The van der Waals surface area contributed by atoms with Crippen LogP contribution in [0.5, 0.6) is 0 Å². The van der Waals surface area contributed by atoms with Crippen LogP contribution < -0.4 is 0 Å². The van der Waals surface area contributed by atoms with E-state index in [-0.39, 0.29) is 24.4 Å². The van der Waals surface area contributed by atoms with E-state index in [1.165, 1.54) is 0 Å². The van der Waals surface area contributed by atoms with Gasteiger partial charge in [0.2, 0.25) is 11.8 Å². The molecular formula is C24H24BrN3O2. The molecule has 3 aromatic rings. The first-order chi connectivity index (χ1) is 14.6. The van der Waals surface area contributed by atoms with Gasteiger partial charge in [0.25, 0.3) is 0 Å². The molecule has 2 atom stereocenters. The van der Waals surface area contributed by atoms with Crippen LogP contribution >= 0.6 is 15.9 Å². The average Bonchev–Trinajstić information content (AvgIpc) is 3.13. The van der Waals surface area contributed by atoms with E-state index in [0.29, 0.717) is 13.0 Å². The van der Waals surface area contributed by atoms with Gasteiger partial charge >= 0.3 is 0 Å². The number of H-pyrrole nitrogens is 1. The number of nitrogens with zero attached hydrogens (tertiary/aromatic N) is 2. The lowest BCUT2D eigenvalue weighted by Crippen LogP contribution is -2.63. The second-order valence-electron chi connectivity index (χ2n) is 8.15. The number of carbonyl (C=O) groups is 2. The van der Waals surface area contributed by atoms with Crippen molar-refractivity contribution in [3.05, 3.63) is 69.8 Å². The van der Waals surface area contributed by atoms with Crippen LogP contribution in [0.2, 0.25) is 0 Å². The topological polar surface area (TPSA) is 56.4 Å². The van der Waals surface area contributed by atoms with Gasteiger partial charge < -0.3 is 14.8 Å². The Balaban J connectivity index is 1.66. The predicted molar refractivity (Wildman–Crippen MR) is 120 cm³/mol. The second kappa shape index (κ2) is 7.58. The van der Waals surface area contributed by atoms with Gasteiger partial charge in [-0.05, 0) is 35.7 Å². The van der Waals surface area contributed by atoms with Gasteiger partial charge in [-0.15, -0.1) is 0 Å². The second-order valence-corrected chi connectivity index (χ2v) is 9.07. The summed E-state index contributed by atoms with van der Waals surface area (Å²) < 4.78 is 0.988. The highest BCUT2D eigenvalue weighted by molar-refractivity contribution is 9.10. The van der Waals surface area contributed by atoms with E-state index >= 15 is 0 Å². The van der Waals surface area contributed by atoms with Crippen molar-refractivity contribution in [3.63, 3.8) is 0 Å². The molecule has 30 heavy (non-hydrogen) atoms. The Kier molecular flexibility index (Phi) is 4.89. The highest BCUT2D eigenvalue weighted by Gasteiger charge is 2.47. The Morgan fingerprint density at radius 2 is 1.87 bits per heavy atom. The monoisotopic (exact) mass is 465 g/mol. The fourth-order valence-corrected chi connectivity index (χ4v) is 5.12. The van der Waals surface area contributed by atoms with Gasteiger partial charge in [-0.3, -0.25) is 9.59 Å². The number of unbranched alkanes of at least 4 members (excludes halogenated alkanes) is 1. The van der Waals surface area contributed by atoms with Crippen LogP contribution in [0.25, 0.3) is 10.9 Å².